The number of halogens is 2. The molecule has 10 aromatic carbocycles. The van der Waals surface area contributed by atoms with E-state index in [0.717, 1.165) is 78.7 Å². The Kier molecular flexibility index (Phi) is 8.77. The first-order valence-electron chi connectivity index (χ1n) is 22.5. The van der Waals surface area contributed by atoms with Gasteiger partial charge in [-0.25, -0.2) is 8.78 Å². The first-order chi connectivity index (χ1) is 33.1. The zero-order valence-electron chi connectivity index (χ0n) is 36.0. The molecule has 2 heterocycles. The molecule has 1 aromatic heterocycles. The van der Waals surface area contributed by atoms with E-state index in [9.17, 15) is 8.78 Å². The third-order valence-corrected chi connectivity index (χ3v) is 13.5. The molecule has 0 unspecified atom stereocenters. The molecule has 0 atom stereocenters. The van der Waals surface area contributed by atoms with Crippen LogP contribution in [0, 0.1) is 11.6 Å². The number of nitrogens with zero attached hydrogens (tertiary/aromatic N) is 3. The molecule has 0 N–H and O–H groups in total. The maximum Gasteiger partial charge on any atom is 0.137 e. The monoisotopic (exact) mass is 867 g/mol. The Labute approximate surface area is 386 Å². The van der Waals surface area contributed by atoms with Gasteiger partial charge in [0.1, 0.15) is 22.8 Å². The minimum Gasteiger partial charge on any atom is -0.456 e. The maximum atomic E-state index is 14.3. The lowest BCUT2D eigenvalue weighted by Gasteiger charge is -2.45. The largest absolute Gasteiger partial charge is 0.456 e. The van der Waals surface area contributed by atoms with Gasteiger partial charge in [0.05, 0.1) is 33.6 Å². The molecule has 6 heteroatoms. The minimum atomic E-state index is -0.643. The molecule has 1 aliphatic heterocycles. The molecule has 0 radical (unpaired) electrons. The summed E-state index contributed by atoms with van der Waals surface area (Å²) in [4.78, 5) is 6.80. The van der Waals surface area contributed by atoms with Crippen molar-refractivity contribution in [1.29, 1.82) is 0 Å². The van der Waals surface area contributed by atoms with Gasteiger partial charge in [-0.2, -0.15) is 0 Å². The van der Waals surface area contributed by atoms with E-state index in [1.807, 2.05) is 23.1 Å². The number of hydrogen-bond donors (Lipinski definition) is 0. The van der Waals surface area contributed by atoms with Gasteiger partial charge in [-0.05, 0) is 149 Å². The van der Waals surface area contributed by atoms with Crippen molar-refractivity contribution < 1.29 is 13.2 Å². The van der Waals surface area contributed by atoms with Crippen molar-refractivity contribution in [3.8, 4) is 11.1 Å². The summed E-state index contributed by atoms with van der Waals surface area (Å²) in [7, 11) is 0. The molecule has 2 aliphatic rings. The van der Waals surface area contributed by atoms with Crippen molar-refractivity contribution in [2.45, 2.75) is 5.41 Å². The van der Waals surface area contributed by atoms with Crippen LogP contribution in [-0.4, -0.2) is 0 Å². The number of hydrogen-bond acceptors (Lipinski definition) is 4. The summed E-state index contributed by atoms with van der Waals surface area (Å²) in [6.45, 7) is 0. The van der Waals surface area contributed by atoms with Crippen LogP contribution < -0.4 is 14.7 Å². The molecule has 0 fully saturated rings. The summed E-state index contributed by atoms with van der Waals surface area (Å²) in [5.74, 6) is -0.673. The lowest BCUT2D eigenvalue weighted by molar-refractivity contribution is 0.628. The van der Waals surface area contributed by atoms with Gasteiger partial charge in [-0.15, -0.1) is 0 Å². The number of anilines is 9. The molecular weight excluding hydrogens is 829 g/mol. The van der Waals surface area contributed by atoms with E-state index >= 15 is 0 Å². The average molecular weight is 868 g/mol. The SMILES string of the molecule is Fc1ccc(N(c2ccc(F)cc2)c2ccc3oc4cccc(N(c5ccccc5)c5cccc6c5-c5ccccc5C65c6ccccc6N(c6ccccc6)c6ccccc65)c4c3c2)cc1. The zero-order valence-corrected chi connectivity index (χ0v) is 36.0. The van der Waals surface area contributed by atoms with Crippen molar-refractivity contribution in [2.75, 3.05) is 14.7 Å². The molecule has 0 saturated heterocycles. The summed E-state index contributed by atoms with van der Waals surface area (Å²) < 4.78 is 35.4. The number of furan rings is 1. The van der Waals surface area contributed by atoms with E-state index in [2.05, 4.69) is 180 Å². The highest BCUT2D eigenvalue weighted by Gasteiger charge is 2.52. The normalized spacial score (nSPS) is 13.0. The Morgan fingerprint density at radius 3 is 1.58 bits per heavy atom. The average Bonchev–Trinajstić information content (AvgIpc) is 3.91. The van der Waals surface area contributed by atoms with Gasteiger partial charge in [-0.3, -0.25) is 0 Å². The van der Waals surface area contributed by atoms with Crippen molar-refractivity contribution in [3.63, 3.8) is 0 Å². The smallest absolute Gasteiger partial charge is 0.137 e. The van der Waals surface area contributed by atoms with Crippen LogP contribution in [0.15, 0.2) is 241 Å². The molecule has 318 valence electrons. The van der Waals surface area contributed by atoms with Crippen LogP contribution in [0.1, 0.15) is 22.3 Å². The lowest BCUT2D eigenvalue weighted by Crippen LogP contribution is -2.36. The first-order valence-corrected chi connectivity index (χ1v) is 22.5. The highest BCUT2D eigenvalue weighted by Crippen LogP contribution is 2.65. The highest BCUT2D eigenvalue weighted by molar-refractivity contribution is 6.15. The Morgan fingerprint density at radius 1 is 0.388 bits per heavy atom. The molecule has 67 heavy (non-hydrogen) atoms. The van der Waals surface area contributed by atoms with Crippen LogP contribution in [0.2, 0.25) is 0 Å². The molecule has 0 saturated carbocycles. The quantitative estimate of drug-likeness (QED) is 0.159. The summed E-state index contributed by atoms with van der Waals surface area (Å²) in [6, 6.07) is 79.7. The Hall–Kier alpha value is -8.74. The maximum absolute atomic E-state index is 14.3. The lowest BCUT2D eigenvalue weighted by atomic mass is 9.64. The fraction of sp³-hybridized carbons (Fsp3) is 0.0164. The second-order valence-electron chi connectivity index (χ2n) is 17.1. The van der Waals surface area contributed by atoms with Crippen LogP contribution in [0.25, 0.3) is 33.1 Å². The van der Waals surface area contributed by atoms with Crippen LogP contribution in [0.4, 0.5) is 60.0 Å². The van der Waals surface area contributed by atoms with Crippen LogP contribution in [0.5, 0.6) is 0 Å². The number of rotatable bonds is 7. The third kappa shape index (κ3) is 5.82. The van der Waals surface area contributed by atoms with Gasteiger partial charge in [0.2, 0.25) is 0 Å². The van der Waals surface area contributed by atoms with Crippen molar-refractivity contribution in [2.24, 2.45) is 0 Å². The van der Waals surface area contributed by atoms with Crippen LogP contribution in [0.3, 0.4) is 0 Å². The predicted octanol–water partition coefficient (Wildman–Crippen LogP) is 17.0. The number of benzene rings is 10. The van der Waals surface area contributed by atoms with E-state index < -0.39 is 5.41 Å². The van der Waals surface area contributed by atoms with Gasteiger partial charge < -0.3 is 19.1 Å². The fourth-order valence-corrected chi connectivity index (χ4v) is 10.9. The first kappa shape index (κ1) is 38.7. The number of fused-ring (bicyclic) bond motifs is 12. The van der Waals surface area contributed by atoms with Crippen molar-refractivity contribution >= 4 is 73.1 Å². The predicted molar refractivity (Wildman–Crippen MR) is 269 cm³/mol. The van der Waals surface area contributed by atoms with Crippen molar-refractivity contribution in [3.05, 3.63) is 270 Å². The van der Waals surface area contributed by atoms with Gasteiger partial charge in [0, 0.05) is 39.4 Å². The van der Waals surface area contributed by atoms with Gasteiger partial charge >= 0.3 is 0 Å². The summed E-state index contributed by atoms with van der Waals surface area (Å²) >= 11 is 0. The number of para-hydroxylation sites is 4. The molecule has 13 rings (SSSR count). The summed E-state index contributed by atoms with van der Waals surface area (Å²) in [5, 5.41) is 1.84. The standard InChI is InChI=1S/C61H39F2N3O/c62-40-29-33-44(34-30-40)64(45-35-31-41(63)32-36-45)46-37-38-57-48(39-46)60-56(27-14-28-58(60)67-57)66(43-17-5-2-6-18-43)55-26-13-23-52-59(55)47-19-7-8-20-49(47)61(52)50-21-9-11-24-53(50)65(42-15-3-1-4-16-42)54-25-12-10-22-51(54)61/h1-39H. The molecule has 4 nitrogen and oxygen atoms in total. The van der Waals surface area contributed by atoms with Gasteiger partial charge in [0.25, 0.3) is 0 Å². The Morgan fingerprint density at radius 2 is 0.910 bits per heavy atom. The van der Waals surface area contributed by atoms with Gasteiger partial charge in [-0.1, -0.05) is 115 Å². The fourth-order valence-electron chi connectivity index (χ4n) is 10.9. The molecule has 0 amide bonds. The molecule has 11 aromatic rings. The Bertz CT molecular complexity index is 3590. The summed E-state index contributed by atoms with van der Waals surface area (Å²) in [5.41, 5.74) is 16.7. The van der Waals surface area contributed by atoms with E-state index in [-0.39, 0.29) is 11.6 Å². The van der Waals surface area contributed by atoms with Crippen LogP contribution in [-0.2, 0) is 5.41 Å². The van der Waals surface area contributed by atoms with Crippen LogP contribution >= 0.6 is 0 Å². The molecule has 1 spiro atoms. The Balaban J connectivity index is 1.07. The second kappa shape index (κ2) is 15.2. The van der Waals surface area contributed by atoms with E-state index in [4.69, 9.17) is 4.42 Å². The van der Waals surface area contributed by atoms with Gasteiger partial charge in [0.15, 0.2) is 0 Å². The van der Waals surface area contributed by atoms with Crippen molar-refractivity contribution in [1.82, 2.24) is 0 Å². The zero-order chi connectivity index (χ0) is 44.6. The molecular formula is C61H39F2N3O. The molecule has 0 bridgehead atoms. The second-order valence-corrected chi connectivity index (χ2v) is 17.1. The topological polar surface area (TPSA) is 22.9 Å². The third-order valence-electron chi connectivity index (χ3n) is 13.5. The summed E-state index contributed by atoms with van der Waals surface area (Å²) in [6.07, 6.45) is 0. The van der Waals surface area contributed by atoms with E-state index in [1.54, 1.807) is 24.3 Å². The minimum absolute atomic E-state index is 0.336. The van der Waals surface area contributed by atoms with E-state index in [1.165, 1.54) is 52.1 Å². The molecule has 1 aliphatic carbocycles. The highest BCUT2D eigenvalue weighted by atomic mass is 19.1. The van der Waals surface area contributed by atoms with E-state index in [0.29, 0.717) is 0 Å².